The molecule has 168 valence electrons. The van der Waals surface area contributed by atoms with E-state index in [4.69, 9.17) is 11.6 Å². The molecule has 0 N–H and O–H groups in total. The summed E-state index contributed by atoms with van der Waals surface area (Å²) in [5.74, 6) is 0.124. The quantitative estimate of drug-likeness (QED) is 0.509. The third-order valence-electron chi connectivity index (χ3n) is 5.16. The fourth-order valence-electron chi connectivity index (χ4n) is 3.56. The van der Waals surface area contributed by atoms with Crippen molar-refractivity contribution in [1.29, 1.82) is 0 Å². The second-order valence-corrected chi connectivity index (χ2v) is 8.29. The normalized spacial score (nSPS) is 14.7. The number of rotatable bonds is 4. The minimum atomic E-state index is -4.50. The number of aromatic nitrogens is 3. The van der Waals surface area contributed by atoms with E-state index >= 15 is 0 Å². The fourth-order valence-corrected chi connectivity index (χ4v) is 4.39. The van der Waals surface area contributed by atoms with Gasteiger partial charge in [0.1, 0.15) is 11.5 Å². The predicted molar refractivity (Wildman–Crippen MR) is 118 cm³/mol. The highest BCUT2D eigenvalue weighted by molar-refractivity contribution is 7.98. The number of alkyl halides is 3. The van der Waals surface area contributed by atoms with E-state index in [0.29, 0.717) is 37.0 Å². The smallest absolute Gasteiger partial charge is 0.352 e. The zero-order chi connectivity index (χ0) is 22.9. The molecule has 1 aliphatic heterocycles. The van der Waals surface area contributed by atoms with Gasteiger partial charge in [-0.2, -0.15) is 13.2 Å². The summed E-state index contributed by atoms with van der Waals surface area (Å²) in [6.45, 7) is 1.57. The van der Waals surface area contributed by atoms with E-state index in [1.807, 2.05) is 41.2 Å². The van der Waals surface area contributed by atoms with Gasteiger partial charge in [-0.05, 0) is 24.5 Å². The second kappa shape index (κ2) is 9.03. The topological polar surface area (TPSA) is 54.3 Å². The van der Waals surface area contributed by atoms with Gasteiger partial charge in [-0.25, -0.2) is 9.97 Å². The third-order valence-corrected chi connectivity index (χ3v) is 6.09. The van der Waals surface area contributed by atoms with Crippen LogP contribution < -0.4 is 4.90 Å². The molecule has 0 spiro atoms. The maximum atomic E-state index is 13.3. The SMILES string of the molecule is CSc1ncc(C(=O)N2CCN(c3ncc(C(F)(F)F)cc3Cl)CC2)n1-c1ccccc1. The molecule has 6 nitrogen and oxygen atoms in total. The summed E-state index contributed by atoms with van der Waals surface area (Å²) in [7, 11) is 0. The molecule has 11 heteroatoms. The van der Waals surface area contributed by atoms with Crippen LogP contribution in [0.25, 0.3) is 5.69 Å². The summed E-state index contributed by atoms with van der Waals surface area (Å²) in [6, 6.07) is 10.4. The highest BCUT2D eigenvalue weighted by Crippen LogP contribution is 2.34. The lowest BCUT2D eigenvalue weighted by atomic mass is 10.2. The number of piperazine rings is 1. The molecule has 0 atom stereocenters. The Kier molecular flexibility index (Phi) is 6.34. The van der Waals surface area contributed by atoms with Gasteiger partial charge in [-0.1, -0.05) is 41.6 Å². The number of hydrogen-bond acceptors (Lipinski definition) is 5. The highest BCUT2D eigenvalue weighted by Gasteiger charge is 2.33. The summed E-state index contributed by atoms with van der Waals surface area (Å²) in [5.41, 5.74) is 0.413. The van der Waals surface area contributed by atoms with Crippen molar-refractivity contribution in [3.05, 3.63) is 65.1 Å². The number of amides is 1. The lowest BCUT2D eigenvalue weighted by molar-refractivity contribution is -0.137. The van der Waals surface area contributed by atoms with Crippen molar-refractivity contribution in [2.45, 2.75) is 11.3 Å². The zero-order valence-electron chi connectivity index (χ0n) is 17.0. The molecule has 4 rings (SSSR count). The molecule has 1 aromatic carbocycles. The summed E-state index contributed by atoms with van der Waals surface area (Å²) in [5, 5.41) is 0.644. The highest BCUT2D eigenvalue weighted by atomic mass is 35.5. The first-order chi connectivity index (χ1) is 15.3. The molecule has 2 aromatic heterocycles. The lowest BCUT2D eigenvalue weighted by Crippen LogP contribution is -2.49. The Morgan fingerprint density at radius 2 is 1.75 bits per heavy atom. The molecule has 0 saturated carbocycles. The third kappa shape index (κ3) is 4.42. The van der Waals surface area contributed by atoms with Crippen molar-refractivity contribution >= 4 is 35.1 Å². The zero-order valence-corrected chi connectivity index (χ0v) is 18.6. The number of hydrogen-bond donors (Lipinski definition) is 0. The van der Waals surface area contributed by atoms with Gasteiger partial charge in [0.15, 0.2) is 5.16 Å². The van der Waals surface area contributed by atoms with Crippen LogP contribution in [-0.2, 0) is 6.18 Å². The molecule has 1 saturated heterocycles. The van der Waals surface area contributed by atoms with E-state index in [2.05, 4.69) is 9.97 Å². The Bertz CT molecular complexity index is 1110. The number of carbonyl (C=O) groups excluding carboxylic acids is 1. The lowest BCUT2D eigenvalue weighted by Gasteiger charge is -2.35. The first-order valence-electron chi connectivity index (χ1n) is 9.73. The standard InChI is InChI=1S/C21H19ClF3N5OS/c1-32-20-27-13-17(30(20)15-5-3-2-4-6-15)19(31)29-9-7-28(8-10-29)18-16(22)11-14(12-26-18)21(23,24)25/h2-6,11-13H,7-10H2,1H3. The summed E-state index contributed by atoms with van der Waals surface area (Å²) in [6.07, 6.45) is -0.254. The average molecular weight is 482 g/mol. The fraction of sp³-hybridized carbons (Fsp3) is 0.286. The Morgan fingerprint density at radius 3 is 2.34 bits per heavy atom. The first kappa shape index (κ1) is 22.5. The van der Waals surface area contributed by atoms with Crippen LogP contribution >= 0.6 is 23.4 Å². The number of pyridine rings is 1. The maximum absolute atomic E-state index is 13.3. The van der Waals surface area contributed by atoms with Crippen molar-refractivity contribution in [3.63, 3.8) is 0 Å². The van der Waals surface area contributed by atoms with Crippen LogP contribution in [0.1, 0.15) is 16.1 Å². The van der Waals surface area contributed by atoms with Gasteiger partial charge in [-0.3, -0.25) is 9.36 Å². The summed E-state index contributed by atoms with van der Waals surface area (Å²) >= 11 is 7.52. The Balaban J connectivity index is 1.50. The molecule has 3 heterocycles. The van der Waals surface area contributed by atoms with E-state index in [9.17, 15) is 18.0 Å². The number of thioether (sulfide) groups is 1. The van der Waals surface area contributed by atoms with Crippen molar-refractivity contribution in [1.82, 2.24) is 19.4 Å². The van der Waals surface area contributed by atoms with Gasteiger partial charge in [0.05, 0.1) is 16.8 Å². The molecule has 0 aliphatic carbocycles. The predicted octanol–water partition coefficient (Wildman–Crippen LogP) is 4.62. The molecule has 1 amide bonds. The number of nitrogens with zero attached hydrogens (tertiary/aromatic N) is 5. The van der Waals surface area contributed by atoms with Crippen LogP contribution in [0.5, 0.6) is 0 Å². The Morgan fingerprint density at radius 1 is 1.06 bits per heavy atom. The van der Waals surface area contributed by atoms with E-state index in [1.165, 1.54) is 11.8 Å². The van der Waals surface area contributed by atoms with E-state index < -0.39 is 11.7 Å². The van der Waals surface area contributed by atoms with Gasteiger partial charge in [0.2, 0.25) is 0 Å². The Hall–Kier alpha value is -2.72. The molecular formula is C21H19ClF3N5OS. The average Bonchev–Trinajstić information content (AvgIpc) is 3.23. The van der Waals surface area contributed by atoms with E-state index in [1.54, 1.807) is 16.0 Å². The van der Waals surface area contributed by atoms with E-state index in [0.717, 1.165) is 18.0 Å². The molecular weight excluding hydrogens is 463 g/mol. The molecule has 1 aliphatic rings. The van der Waals surface area contributed by atoms with Crippen LogP contribution in [0.15, 0.2) is 53.9 Å². The molecule has 32 heavy (non-hydrogen) atoms. The van der Waals surface area contributed by atoms with Crippen LogP contribution in [0.3, 0.4) is 0 Å². The van der Waals surface area contributed by atoms with Gasteiger partial charge in [0.25, 0.3) is 5.91 Å². The van der Waals surface area contributed by atoms with Crippen molar-refractivity contribution in [2.24, 2.45) is 0 Å². The van der Waals surface area contributed by atoms with Crippen molar-refractivity contribution < 1.29 is 18.0 Å². The second-order valence-electron chi connectivity index (χ2n) is 7.11. The first-order valence-corrected chi connectivity index (χ1v) is 11.3. The number of anilines is 1. The van der Waals surface area contributed by atoms with Gasteiger partial charge in [-0.15, -0.1) is 0 Å². The monoisotopic (exact) mass is 481 g/mol. The van der Waals surface area contributed by atoms with Crippen LogP contribution in [0, 0.1) is 0 Å². The maximum Gasteiger partial charge on any atom is 0.417 e. The molecule has 3 aromatic rings. The number of benzene rings is 1. The molecule has 1 fully saturated rings. The van der Waals surface area contributed by atoms with Crippen LogP contribution in [0.4, 0.5) is 19.0 Å². The van der Waals surface area contributed by atoms with Crippen LogP contribution in [0.2, 0.25) is 5.02 Å². The summed E-state index contributed by atoms with van der Waals surface area (Å²) in [4.78, 5) is 25.0. The summed E-state index contributed by atoms with van der Waals surface area (Å²) < 4.78 is 40.4. The molecule has 0 radical (unpaired) electrons. The molecule has 0 unspecified atom stereocenters. The van der Waals surface area contributed by atoms with E-state index in [-0.39, 0.29) is 16.7 Å². The largest absolute Gasteiger partial charge is 0.417 e. The van der Waals surface area contributed by atoms with Crippen molar-refractivity contribution in [3.8, 4) is 5.69 Å². The number of carbonyl (C=O) groups is 1. The number of halogens is 4. The minimum absolute atomic E-state index is 0.0635. The van der Waals surface area contributed by atoms with Gasteiger partial charge < -0.3 is 9.80 Å². The van der Waals surface area contributed by atoms with Crippen LogP contribution in [-0.4, -0.2) is 57.8 Å². The minimum Gasteiger partial charge on any atom is -0.352 e. The molecule has 0 bridgehead atoms. The Labute approximate surface area is 192 Å². The van der Waals surface area contributed by atoms with Gasteiger partial charge in [0, 0.05) is 38.1 Å². The number of para-hydroxylation sites is 1. The van der Waals surface area contributed by atoms with Crippen molar-refractivity contribution in [2.75, 3.05) is 37.3 Å². The van der Waals surface area contributed by atoms with Gasteiger partial charge >= 0.3 is 6.18 Å². The number of imidazole rings is 1.